The van der Waals surface area contributed by atoms with Crippen molar-refractivity contribution >= 4 is 15.8 Å². The number of rotatable bonds is 6. The van der Waals surface area contributed by atoms with Crippen molar-refractivity contribution in [3.63, 3.8) is 0 Å². The lowest BCUT2D eigenvalue weighted by molar-refractivity contribution is 0.101. The first kappa shape index (κ1) is 16.9. The van der Waals surface area contributed by atoms with Gasteiger partial charge >= 0.3 is 0 Å². The minimum atomic E-state index is -3.76. The number of carbonyl (C=O) groups excluding carboxylic acids is 1. The van der Waals surface area contributed by atoms with Gasteiger partial charge in [0.05, 0.1) is 29.0 Å². The van der Waals surface area contributed by atoms with E-state index < -0.39 is 10.0 Å². The average Bonchev–Trinajstić information content (AvgIpc) is 3.10. The van der Waals surface area contributed by atoms with E-state index in [1.165, 1.54) is 29.8 Å². The number of Topliss-reactive ketones (excluding diaryl/α,β-unsaturated/α-hetero) is 1. The summed E-state index contributed by atoms with van der Waals surface area (Å²) in [6, 6.07) is 9.40. The standard InChI is InChI=1S/C16H15N5O3S/c1-12(22)13-3-2-4-16(9-13)25(23,24)18-10-14-11-21(20-19-14)15-5-7-17-8-6-15/h2-9,11,18H,10H2,1H3. The maximum Gasteiger partial charge on any atom is 0.240 e. The monoisotopic (exact) mass is 357 g/mol. The number of hydrogen-bond acceptors (Lipinski definition) is 6. The topological polar surface area (TPSA) is 107 Å². The predicted octanol–water partition coefficient (Wildman–Crippen LogP) is 1.34. The van der Waals surface area contributed by atoms with Gasteiger partial charge in [-0.2, -0.15) is 0 Å². The molecule has 0 aliphatic heterocycles. The molecule has 0 saturated carbocycles. The van der Waals surface area contributed by atoms with Crippen molar-refractivity contribution in [2.45, 2.75) is 18.4 Å². The minimum Gasteiger partial charge on any atom is -0.295 e. The molecule has 0 spiro atoms. The summed E-state index contributed by atoms with van der Waals surface area (Å²) in [4.78, 5) is 15.4. The zero-order chi connectivity index (χ0) is 17.9. The van der Waals surface area contributed by atoms with Crippen LogP contribution in [0.3, 0.4) is 0 Å². The molecule has 0 aliphatic rings. The zero-order valence-electron chi connectivity index (χ0n) is 13.3. The van der Waals surface area contributed by atoms with E-state index in [1.54, 1.807) is 36.8 Å². The van der Waals surface area contributed by atoms with Gasteiger partial charge in [0.1, 0.15) is 0 Å². The third kappa shape index (κ3) is 3.95. The minimum absolute atomic E-state index is 0.0162. The molecular formula is C16H15N5O3S. The first-order valence-corrected chi connectivity index (χ1v) is 8.86. The number of nitrogens with one attached hydrogen (secondary N) is 1. The first-order chi connectivity index (χ1) is 12.0. The molecule has 1 aromatic carbocycles. The van der Waals surface area contributed by atoms with Crippen LogP contribution in [0.2, 0.25) is 0 Å². The van der Waals surface area contributed by atoms with Crippen molar-refractivity contribution in [2.24, 2.45) is 0 Å². The van der Waals surface area contributed by atoms with Gasteiger partial charge in [0.25, 0.3) is 0 Å². The number of aromatic nitrogens is 4. The Balaban J connectivity index is 1.74. The van der Waals surface area contributed by atoms with E-state index in [2.05, 4.69) is 20.0 Å². The summed E-state index contributed by atoms with van der Waals surface area (Å²) >= 11 is 0. The van der Waals surface area contributed by atoms with Gasteiger partial charge in [-0.3, -0.25) is 9.78 Å². The van der Waals surface area contributed by atoms with Gasteiger partial charge in [-0.25, -0.2) is 17.8 Å². The molecule has 0 unspecified atom stereocenters. The van der Waals surface area contributed by atoms with Crippen LogP contribution in [0.4, 0.5) is 0 Å². The van der Waals surface area contributed by atoms with Crippen LogP contribution in [0.5, 0.6) is 0 Å². The molecule has 0 aliphatic carbocycles. The maximum absolute atomic E-state index is 12.4. The van der Waals surface area contributed by atoms with Crippen LogP contribution in [0.25, 0.3) is 5.69 Å². The molecule has 0 fully saturated rings. The second-order valence-electron chi connectivity index (χ2n) is 5.27. The summed E-state index contributed by atoms with van der Waals surface area (Å²) in [5.41, 5.74) is 1.57. The Kier molecular flexibility index (Phi) is 4.68. The number of hydrogen-bond donors (Lipinski definition) is 1. The fourth-order valence-corrected chi connectivity index (χ4v) is 3.18. The molecule has 0 radical (unpaired) electrons. The Morgan fingerprint density at radius 3 is 2.68 bits per heavy atom. The van der Waals surface area contributed by atoms with E-state index >= 15 is 0 Å². The van der Waals surface area contributed by atoms with Crippen molar-refractivity contribution in [1.29, 1.82) is 0 Å². The summed E-state index contributed by atoms with van der Waals surface area (Å²) < 4.78 is 28.7. The van der Waals surface area contributed by atoms with Crippen LogP contribution in [0, 0.1) is 0 Å². The fourth-order valence-electron chi connectivity index (χ4n) is 2.14. The van der Waals surface area contributed by atoms with Crippen molar-refractivity contribution in [3.8, 4) is 5.69 Å². The highest BCUT2D eigenvalue weighted by molar-refractivity contribution is 7.89. The van der Waals surface area contributed by atoms with E-state index in [0.29, 0.717) is 11.3 Å². The van der Waals surface area contributed by atoms with Gasteiger partial charge in [-0.15, -0.1) is 5.10 Å². The zero-order valence-corrected chi connectivity index (χ0v) is 14.1. The van der Waals surface area contributed by atoms with E-state index in [9.17, 15) is 13.2 Å². The normalized spacial score (nSPS) is 11.4. The van der Waals surface area contributed by atoms with Gasteiger partial charge in [-0.05, 0) is 31.2 Å². The molecule has 0 saturated heterocycles. The highest BCUT2D eigenvalue weighted by Gasteiger charge is 2.16. The second-order valence-corrected chi connectivity index (χ2v) is 7.04. The van der Waals surface area contributed by atoms with E-state index in [0.717, 1.165) is 5.69 Å². The number of ketones is 1. The second kappa shape index (κ2) is 6.91. The summed E-state index contributed by atoms with van der Waals surface area (Å²) in [6.45, 7) is 1.37. The lowest BCUT2D eigenvalue weighted by Crippen LogP contribution is -2.23. The predicted molar refractivity (Wildman–Crippen MR) is 89.6 cm³/mol. The lowest BCUT2D eigenvalue weighted by atomic mass is 10.2. The summed E-state index contributed by atoms with van der Waals surface area (Å²) in [5, 5.41) is 7.90. The van der Waals surface area contributed by atoms with Crippen LogP contribution in [0.1, 0.15) is 23.0 Å². The van der Waals surface area contributed by atoms with Crippen molar-refractivity contribution in [1.82, 2.24) is 24.7 Å². The summed E-state index contributed by atoms with van der Waals surface area (Å²) in [7, 11) is -3.76. The van der Waals surface area contributed by atoms with Gasteiger partial charge in [0.15, 0.2) is 5.78 Å². The van der Waals surface area contributed by atoms with Gasteiger partial charge in [-0.1, -0.05) is 17.3 Å². The summed E-state index contributed by atoms with van der Waals surface area (Å²) in [6.07, 6.45) is 4.88. The molecule has 0 bridgehead atoms. The van der Waals surface area contributed by atoms with Crippen molar-refractivity contribution in [2.75, 3.05) is 0 Å². The average molecular weight is 357 g/mol. The molecule has 2 aromatic heterocycles. The molecule has 1 N–H and O–H groups in total. The molecule has 9 heteroatoms. The third-order valence-corrected chi connectivity index (χ3v) is 4.86. The largest absolute Gasteiger partial charge is 0.295 e. The number of sulfonamides is 1. The lowest BCUT2D eigenvalue weighted by Gasteiger charge is -2.06. The first-order valence-electron chi connectivity index (χ1n) is 7.38. The Morgan fingerprint density at radius 2 is 1.96 bits per heavy atom. The van der Waals surface area contributed by atoms with Crippen LogP contribution < -0.4 is 4.72 Å². The molecule has 25 heavy (non-hydrogen) atoms. The number of carbonyl (C=O) groups is 1. The molecule has 3 aromatic rings. The number of benzene rings is 1. The Bertz CT molecular complexity index is 999. The van der Waals surface area contributed by atoms with Crippen molar-refractivity contribution in [3.05, 3.63) is 66.2 Å². The number of nitrogens with zero attached hydrogens (tertiary/aromatic N) is 4. The molecular weight excluding hydrogens is 342 g/mol. The SMILES string of the molecule is CC(=O)c1cccc(S(=O)(=O)NCc2cn(-c3ccncc3)nn2)c1. The molecule has 8 nitrogen and oxygen atoms in total. The molecule has 0 amide bonds. The van der Waals surface area contributed by atoms with E-state index in [-0.39, 0.29) is 17.2 Å². The fraction of sp³-hybridized carbons (Fsp3) is 0.125. The quantitative estimate of drug-likeness (QED) is 0.667. The molecule has 128 valence electrons. The van der Waals surface area contributed by atoms with E-state index in [4.69, 9.17) is 0 Å². The van der Waals surface area contributed by atoms with Gasteiger partial charge in [0.2, 0.25) is 10.0 Å². The van der Waals surface area contributed by atoms with Crippen LogP contribution >= 0.6 is 0 Å². The van der Waals surface area contributed by atoms with E-state index in [1.807, 2.05) is 0 Å². The van der Waals surface area contributed by atoms with Crippen LogP contribution in [0.15, 0.2) is 59.9 Å². The highest BCUT2D eigenvalue weighted by Crippen LogP contribution is 2.13. The van der Waals surface area contributed by atoms with Gasteiger partial charge in [0, 0.05) is 18.0 Å². The number of pyridine rings is 1. The molecule has 0 atom stereocenters. The van der Waals surface area contributed by atoms with Crippen LogP contribution in [-0.2, 0) is 16.6 Å². The Morgan fingerprint density at radius 1 is 1.20 bits per heavy atom. The Labute approximate surface area is 144 Å². The molecule has 2 heterocycles. The Hall–Kier alpha value is -2.91. The smallest absolute Gasteiger partial charge is 0.240 e. The van der Waals surface area contributed by atoms with Gasteiger partial charge < -0.3 is 0 Å². The van der Waals surface area contributed by atoms with Crippen LogP contribution in [-0.4, -0.2) is 34.2 Å². The summed E-state index contributed by atoms with van der Waals surface area (Å²) in [5.74, 6) is -0.197. The van der Waals surface area contributed by atoms with Crippen molar-refractivity contribution < 1.29 is 13.2 Å². The highest BCUT2D eigenvalue weighted by atomic mass is 32.2. The molecule has 3 rings (SSSR count). The third-order valence-electron chi connectivity index (χ3n) is 3.46. The maximum atomic E-state index is 12.4.